The van der Waals surface area contributed by atoms with Crippen LogP contribution < -0.4 is 0 Å². The first-order valence-electron chi connectivity index (χ1n) is 3.27. The van der Waals surface area contributed by atoms with Gasteiger partial charge in [-0.15, -0.1) is 0 Å². The van der Waals surface area contributed by atoms with Crippen molar-refractivity contribution < 1.29 is 14.2 Å². The fraction of sp³-hybridized carbons (Fsp3) is 1.00. The van der Waals surface area contributed by atoms with Crippen molar-refractivity contribution in [2.75, 3.05) is 13.2 Å². The summed E-state index contributed by atoms with van der Waals surface area (Å²) in [5.74, 6) is 0. The third-order valence-electron chi connectivity index (χ3n) is 1.08. The molecule has 0 bridgehead atoms. The maximum atomic E-state index is 5.07. The summed E-state index contributed by atoms with van der Waals surface area (Å²) in [6.45, 7) is 5.25. The van der Waals surface area contributed by atoms with Crippen molar-refractivity contribution in [3.63, 3.8) is 0 Å². The van der Waals surface area contributed by atoms with E-state index in [1.807, 2.05) is 13.8 Å². The lowest BCUT2D eigenvalue weighted by Crippen LogP contribution is -2.02. The molecule has 0 saturated carbocycles. The van der Waals surface area contributed by atoms with Gasteiger partial charge in [0.2, 0.25) is 12.6 Å². The maximum absolute atomic E-state index is 5.07. The van der Waals surface area contributed by atoms with Crippen molar-refractivity contribution in [2.45, 2.75) is 26.4 Å². The van der Waals surface area contributed by atoms with Crippen LogP contribution in [0.3, 0.4) is 0 Å². The predicted octanol–water partition coefficient (Wildman–Crippen LogP) is 0.742. The Morgan fingerprint density at radius 3 is 1.89 bits per heavy atom. The fourth-order valence-electron chi connectivity index (χ4n) is 0.651. The lowest BCUT2D eigenvalue weighted by Gasteiger charge is -1.92. The summed E-state index contributed by atoms with van der Waals surface area (Å²) in [6.07, 6.45) is -0.176. The van der Waals surface area contributed by atoms with E-state index in [1.165, 1.54) is 0 Å². The van der Waals surface area contributed by atoms with E-state index in [1.54, 1.807) is 0 Å². The van der Waals surface area contributed by atoms with Crippen LogP contribution in [0.25, 0.3) is 0 Å². The lowest BCUT2D eigenvalue weighted by atomic mass is 10.7. The summed E-state index contributed by atoms with van der Waals surface area (Å²) in [4.78, 5) is 0. The van der Waals surface area contributed by atoms with Gasteiger partial charge in [-0.25, -0.2) is 0 Å². The monoisotopic (exact) mass is 132 g/mol. The van der Waals surface area contributed by atoms with Gasteiger partial charge in [0, 0.05) is 13.2 Å². The Morgan fingerprint density at radius 2 is 1.56 bits per heavy atom. The summed E-state index contributed by atoms with van der Waals surface area (Å²) >= 11 is 0. The first kappa shape index (κ1) is 6.99. The van der Waals surface area contributed by atoms with Gasteiger partial charge in [0.25, 0.3) is 0 Å². The van der Waals surface area contributed by atoms with E-state index in [0.717, 1.165) is 0 Å². The van der Waals surface area contributed by atoms with Gasteiger partial charge in [0.15, 0.2) is 0 Å². The highest BCUT2D eigenvalue weighted by molar-refractivity contribution is 4.65. The Hall–Kier alpha value is -0.120. The molecule has 0 aromatic heterocycles. The standard InChI is InChI=1S/C6H12O3/c1-3-7-5-6(9-5)8-4-2/h5-6H,3-4H2,1-2H3/t5-,6-/m1/s1. The summed E-state index contributed by atoms with van der Waals surface area (Å²) < 4.78 is 15.1. The van der Waals surface area contributed by atoms with E-state index in [9.17, 15) is 0 Å². The molecule has 1 aliphatic rings. The molecular formula is C6H12O3. The van der Waals surface area contributed by atoms with E-state index in [4.69, 9.17) is 14.2 Å². The van der Waals surface area contributed by atoms with Crippen molar-refractivity contribution >= 4 is 0 Å². The second kappa shape index (κ2) is 3.15. The molecule has 0 spiro atoms. The predicted molar refractivity (Wildman–Crippen MR) is 31.9 cm³/mol. The molecule has 1 fully saturated rings. The highest BCUT2D eigenvalue weighted by atomic mass is 16.9. The second-order valence-corrected chi connectivity index (χ2v) is 1.78. The summed E-state index contributed by atoms with van der Waals surface area (Å²) in [6, 6.07) is 0. The number of ether oxygens (including phenoxy) is 3. The Morgan fingerprint density at radius 1 is 1.11 bits per heavy atom. The smallest absolute Gasteiger partial charge is 0.212 e. The van der Waals surface area contributed by atoms with E-state index in [2.05, 4.69) is 0 Å². The Labute approximate surface area is 54.9 Å². The molecule has 1 saturated heterocycles. The lowest BCUT2D eigenvalue weighted by molar-refractivity contribution is 0.0535. The van der Waals surface area contributed by atoms with Gasteiger partial charge in [-0.1, -0.05) is 0 Å². The molecule has 3 nitrogen and oxygen atoms in total. The second-order valence-electron chi connectivity index (χ2n) is 1.78. The van der Waals surface area contributed by atoms with Crippen molar-refractivity contribution in [3.05, 3.63) is 0 Å². The van der Waals surface area contributed by atoms with Gasteiger partial charge in [-0.05, 0) is 13.8 Å². The first-order chi connectivity index (χ1) is 4.38. The molecule has 1 rings (SSSR count). The molecule has 0 aromatic carbocycles. The van der Waals surface area contributed by atoms with Crippen molar-refractivity contribution in [2.24, 2.45) is 0 Å². The zero-order valence-electron chi connectivity index (χ0n) is 5.79. The molecule has 2 atom stereocenters. The first-order valence-corrected chi connectivity index (χ1v) is 3.27. The maximum Gasteiger partial charge on any atom is 0.212 e. The van der Waals surface area contributed by atoms with Gasteiger partial charge in [-0.2, -0.15) is 0 Å². The van der Waals surface area contributed by atoms with Crippen LogP contribution in [0, 0.1) is 0 Å². The van der Waals surface area contributed by atoms with E-state index in [0.29, 0.717) is 13.2 Å². The zero-order chi connectivity index (χ0) is 6.69. The SMILES string of the molecule is CCO[C@@H]1O[C@H]1OCC. The van der Waals surface area contributed by atoms with E-state index in [-0.39, 0.29) is 12.6 Å². The molecule has 0 aromatic rings. The number of rotatable bonds is 4. The van der Waals surface area contributed by atoms with Gasteiger partial charge >= 0.3 is 0 Å². The quantitative estimate of drug-likeness (QED) is 0.529. The molecular weight excluding hydrogens is 120 g/mol. The topological polar surface area (TPSA) is 31.0 Å². The molecule has 0 aliphatic carbocycles. The minimum Gasteiger partial charge on any atom is -0.348 e. The van der Waals surface area contributed by atoms with Crippen LogP contribution in [-0.4, -0.2) is 25.8 Å². The molecule has 0 unspecified atom stereocenters. The molecule has 3 heteroatoms. The third-order valence-corrected chi connectivity index (χ3v) is 1.08. The van der Waals surface area contributed by atoms with Crippen LogP contribution in [0.4, 0.5) is 0 Å². The fourth-order valence-corrected chi connectivity index (χ4v) is 0.651. The molecule has 1 heterocycles. The minimum absolute atomic E-state index is 0.0880. The van der Waals surface area contributed by atoms with Crippen LogP contribution in [-0.2, 0) is 14.2 Å². The number of epoxide rings is 1. The normalized spacial score (nSPS) is 32.7. The zero-order valence-corrected chi connectivity index (χ0v) is 5.79. The molecule has 54 valence electrons. The molecule has 1 aliphatic heterocycles. The molecule has 0 radical (unpaired) electrons. The molecule has 0 amide bonds. The Bertz CT molecular complexity index is 74.4. The van der Waals surface area contributed by atoms with Crippen LogP contribution >= 0.6 is 0 Å². The largest absolute Gasteiger partial charge is 0.348 e. The van der Waals surface area contributed by atoms with Crippen LogP contribution in [0.15, 0.2) is 0 Å². The summed E-state index contributed by atoms with van der Waals surface area (Å²) in [5.41, 5.74) is 0. The highest BCUT2D eigenvalue weighted by Crippen LogP contribution is 2.23. The van der Waals surface area contributed by atoms with Crippen molar-refractivity contribution in [1.29, 1.82) is 0 Å². The average molecular weight is 132 g/mol. The van der Waals surface area contributed by atoms with E-state index >= 15 is 0 Å². The third kappa shape index (κ3) is 1.93. The highest BCUT2D eigenvalue weighted by Gasteiger charge is 2.40. The van der Waals surface area contributed by atoms with Crippen LogP contribution in [0.1, 0.15) is 13.8 Å². The van der Waals surface area contributed by atoms with Gasteiger partial charge in [0.1, 0.15) is 0 Å². The Kier molecular flexibility index (Phi) is 2.45. The summed E-state index contributed by atoms with van der Waals surface area (Å²) in [5, 5.41) is 0. The molecule has 9 heavy (non-hydrogen) atoms. The van der Waals surface area contributed by atoms with Crippen LogP contribution in [0.5, 0.6) is 0 Å². The average Bonchev–Trinajstić information content (AvgIpc) is 2.50. The van der Waals surface area contributed by atoms with Crippen molar-refractivity contribution in [3.8, 4) is 0 Å². The number of hydrogen-bond donors (Lipinski definition) is 0. The molecule has 0 N–H and O–H groups in total. The van der Waals surface area contributed by atoms with Crippen LogP contribution in [0.2, 0.25) is 0 Å². The van der Waals surface area contributed by atoms with E-state index < -0.39 is 0 Å². The van der Waals surface area contributed by atoms with Gasteiger partial charge in [0.05, 0.1) is 0 Å². The summed E-state index contributed by atoms with van der Waals surface area (Å²) in [7, 11) is 0. The van der Waals surface area contributed by atoms with Crippen molar-refractivity contribution in [1.82, 2.24) is 0 Å². The minimum atomic E-state index is -0.0880. The Balaban J connectivity index is 1.96. The van der Waals surface area contributed by atoms with Gasteiger partial charge in [-0.3, -0.25) is 0 Å². The number of hydrogen-bond acceptors (Lipinski definition) is 3. The van der Waals surface area contributed by atoms with Gasteiger partial charge < -0.3 is 14.2 Å².